The molecule has 1 atom stereocenters. The van der Waals surface area contributed by atoms with Crippen molar-refractivity contribution < 1.29 is 14.3 Å². The van der Waals surface area contributed by atoms with Crippen LogP contribution in [0.3, 0.4) is 0 Å². The number of carbonyl (C=O) groups is 2. The summed E-state index contributed by atoms with van der Waals surface area (Å²) < 4.78 is 5.33. The van der Waals surface area contributed by atoms with Gasteiger partial charge in [-0.1, -0.05) is 0 Å². The summed E-state index contributed by atoms with van der Waals surface area (Å²) in [7, 11) is 0. The molecule has 2 N–H and O–H groups in total. The Hall–Kier alpha value is -2.08. The maximum absolute atomic E-state index is 12.1. The molecule has 0 aliphatic carbocycles. The molecular weight excluding hydrogens is 294 g/mol. The van der Waals surface area contributed by atoms with Crippen LogP contribution in [0.1, 0.15) is 29.5 Å². The maximum Gasteiger partial charge on any atom is 0.414 e. The van der Waals surface area contributed by atoms with Crippen molar-refractivity contribution >= 4 is 17.7 Å². The fraction of sp³-hybridized carbons (Fsp3) is 0.529. The van der Waals surface area contributed by atoms with E-state index in [-0.39, 0.29) is 18.1 Å². The van der Waals surface area contributed by atoms with Gasteiger partial charge in [0.05, 0.1) is 13.1 Å². The molecule has 2 aliphatic rings. The molecule has 0 spiro atoms. The molecule has 1 aromatic carbocycles. The van der Waals surface area contributed by atoms with Gasteiger partial charge in [-0.3, -0.25) is 9.69 Å². The first kappa shape index (κ1) is 15.8. The average Bonchev–Trinajstić information content (AvgIpc) is 2.79. The van der Waals surface area contributed by atoms with Gasteiger partial charge in [-0.15, -0.1) is 0 Å². The minimum Gasteiger partial charge on any atom is -0.442 e. The van der Waals surface area contributed by atoms with Gasteiger partial charge in [0.25, 0.3) is 0 Å². The Kier molecular flexibility index (Phi) is 4.26. The summed E-state index contributed by atoms with van der Waals surface area (Å²) in [5, 5.41) is 5.99. The van der Waals surface area contributed by atoms with Crippen molar-refractivity contribution in [3.05, 3.63) is 28.8 Å². The zero-order valence-electron chi connectivity index (χ0n) is 13.8. The number of aryl methyl sites for hydroxylation is 2. The number of cyclic esters (lactones) is 1. The van der Waals surface area contributed by atoms with Crippen LogP contribution in [0.4, 0.5) is 10.5 Å². The Morgan fingerprint density at radius 3 is 2.52 bits per heavy atom. The second-order valence-electron chi connectivity index (χ2n) is 6.40. The quantitative estimate of drug-likeness (QED) is 0.882. The van der Waals surface area contributed by atoms with E-state index in [1.54, 1.807) is 4.90 Å². The smallest absolute Gasteiger partial charge is 0.414 e. The zero-order chi connectivity index (χ0) is 16.6. The molecule has 0 saturated carbocycles. The highest BCUT2D eigenvalue weighted by atomic mass is 16.6. The van der Waals surface area contributed by atoms with Crippen LogP contribution in [0.2, 0.25) is 0 Å². The van der Waals surface area contributed by atoms with E-state index in [1.807, 2.05) is 0 Å². The molecule has 6 nitrogen and oxygen atoms in total. The summed E-state index contributed by atoms with van der Waals surface area (Å²) in [6.45, 7) is 8.50. The van der Waals surface area contributed by atoms with Crippen LogP contribution in [-0.4, -0.2) is 44.3 Å². The number of anilines is 1. The lowest BCUT2D eigenvalue weighted by atomic mass is 9.86. The number of ether oxygens (including phenoxy) is 1. The fourth-order valence-electron chi connectivity index (χ4n) is 3.34. The Bertz CT molecular complexity index is 617. The molecule has 0 aromatic heterocycles. The van der Waals surface area contributed by atoms with Crippen LogP contribution >= 0.6 is 0 Å². The van der Waals surface area contributed by atoms with Crippen molar-refractivity contribution in [1.29, 1.82) is 0 Å². The van der Waals surface area contributed by atoms with Gasteiger partial charge in [0, 0.05) is 31.6 Å². The molecule has 0 radical (unpaired) electrons. The van der Waals surface area contributed by atoms with Gasteiger partial charge < -0.3 is 15.4 Å². The van der Waals surface area contributed by atoms with Gasteiger partial charge in [0.2, 0.25) is 5.91 Å². The van der Waals surface area contributed by atoms with E-state index in [0.717, 1.165) is 18.8 Å². The van der Waals surface area contributed by atoms with Gasteiger partial charge >= 0.3 is 6.09 Å². The lowest BCUT2D eigenvalue weighted by molar-refractivity contribution is -0.119. The molecule has 0 unspecified atom stereocenters. The monoisotopic (exact) mass is 317 g/mol. The molecule has 2 amide bonds. The largest absolute Gasteiger partial charge is 0.442 e. The second kappa shape index (κ2) is 6.20. The van der Waals surface area contributed by atoms with Gasteiger partial charge in [0.15, 0.2) is 0 Å². The first-order chi connectivity index (χ1) is 11.0. The summed E-state index contributed by atoms with van der Waals surface area (Å²) >= 11 is 0. The van der Waals surface area contributed by atoms with Crippen LogP contribution in [0.15, 0.2) is 12.1 Å². The van der Waals surface area contributed by atoms with Gasteiger partial charge in [-0.25, -0.2) is 4.79 Å². The summed E-state index contributed by atoms with van der Waals surface area (Å²) in [5.41, 5.74) is 4.68. The van der Waals surface area contributed by atoms with Crippen LogP contribution < -0.4 is 15.5 Å². The zero-order valence-corrected chi connectivity index (χ0v) is 13.8. The third kappa shape index (κ3) is 3.17. The third-order valence-corrected chi connectivity index (χ3v) is 4.53. The van der Waals surface area contributed by atoms with Crippen molar-refractivity contribution in [1.82, 2.24) is 10.6 Å². The fourth-order valence-corrected chi connectivity index (χ4v) is 3.34. The molecule has 1 aromatic rings. The van der Waals surface area contributed by atoms with Crippen LogP contribution in [0.25, 0.3) is 0 Å². The molecular formula is C17H23N3O3. The molecule has 2 aliphatic heterocycles. The molecule has 2 fully saturated rings. The highest BCUT2D eigenvalue weighted by Gasteiger charge is 2.33. The van der Waals surface area contributed by atoms with E-state index in [9.17, 15) is 9.59 Å². The number of carbonyl (C=O) groups excluding carboxylic acids is 2. The van der Waals surface area contributed by atoms with E-state index < -0.39 is 0 Å². The highest BCUT2D eigenvalue weighted by Crippen LogP contribution is 2.32. The number of hydrogen-bond donors (Lipinski definition) is 2. The maximum atomic E-state index is 12.1. The van der Waals surface area contributed by atoms with Crippen molar-refractivity contribution in [3.8, 4) is 0 Å². The highest BCUT2D eigenvalue weighted by molar-refractivity contribution is 5.90. The number of nitrogens with one attached hydrogen (secondary N) is 2. The Balaban J connectivity index is 1.76. The molecule has 2 heterocycles. The molecule has 2 saturated heterocycles. The predicted molar refractivity (Wildman–Crippen MR) is 87.8 cm³/mol. The Morgan fingerprint density at radius 1 is 1.35 bits per heavy atom. The molecule has 23 heavy (non-hydrogen) atoms. The summed E-state index contributed by atoms with van der Waals surface area (Å²) in [4.78, 5) is 24.8. The molecule has 6 heteroatoms. The van der Waals surface area contributed by atoms with Crippen molar-refractivity contribution in [2.45, 2.75) is 32.8 Å². The van der Waals surface area contributed by atoms with Gasteiger partial charge in [-0.05, 0) is 42.7 Å². The van der Waals surface area contributed by atoms with E-state index in [1.165, 1.54) is 23.6 Å². The molecule has 3 rings (SSSR count). The van der Waals surface area contributed by atoms with Gasteiger partial charge in [0.1, 0.15) is 6.10 Å². The number of amides is 2. The average molecular weight is 317 g/mol. The number of rotatable bonds is 4. The number of benzene rings is 1. The van der Waals surface area contributed by atoms with Gasteiger partial charge in [-0.2, -0.15) is 0 Å². The van der Waals surface area contributed by atoms with E-state index >= 15 is 0 Å². The van der Waals surface area contributed by atoms with Crippen LogP contribution in [0.5, 0.6) is 0 Å². The lowest BCUT2D eigenvalue weighted by Crippen LogP contribution is -2.40. The summed E-state index contributed by atoms with van der Waals surface area (Å²) in [5.74, 6) is 0.451. The molecule has 124 valence electrons. The lowest BCUT2D eigenvalue weighted by Gasteiger charge is -2.31. The number of nitrogens with zero attached hydrogens (tertiary/aromatic N) is 1. The SMILES string of the molecule is CC(=O)NC[C@H]1CN(c2cc(C)c(C3CNC3)c(C)c2)C(=O)O1. The Morgan fingerprint density at radius 2 is 2.00 bits per heavy atom. The summed E-state index contributed by atoms with van der Waals surface area (Å²) in [6.07, 6.45) is -0.653. The van der Waals surface area contributed by atoms with Crippen LogP contribution in [-0.2, 0) is 9.53 Å². The first-order valence-electron chi connectivity index (χ1n) is 8.00. The normalized spacial score (nSPS) is 21.1. The Labute approximate surface area is 136 Å². The summed E-state index contributed by atoms with van der Waals surface area (Å²) in [6, 6.07) is 4.12. The minimum atomic E-state index is -0.350. The van der Waals surface area contributed by atoms with Crippen LogP contribution in [0, 0.1) is 13.8 Å². The standard InChI is InChI=1S/C17H23N3O3/c1-10-4-14(5-11(2)16(10)13-6-18-7-13)20-9-15(23-17(20)22)8-19-12(3)21/h4-5,13,15,18H,6-9H2,1-3H3,(H,19,21)/t15-/m0/s1. The van der Waals surface area contributed by atoms with E-state index in [4.69, 9.17) is 4.74 Å². The second-order valence-corrected chi connectivity index (χ2v) is 6.40. The minimum absolute atomic E-state index is 0.121. The first-order valence-corrected chi connectivity index (χ1v) is 8.00. The van der Waals surface area contributed by atoms with Crippen molar-refractivity contribution in [2.75, 3.05) is 31.1 Å². The van der Waals surface area contributed by atoms with Crippen molar-refractivity contribution in [2.24, 2.45) is 0 Å². The number of hydrogen-bond acceptors (Lipinski definition) is 4. The van der Waals surface area contributed by atoms with Crippen molar-refractivity contribution in [3.63, 3.8) is 0 Å². The van der Waals surface area contributed by atoms with E-state index in [2.05, 4.69) is 36.6 Å². The predicted octanol–water partition coefficient (Wildman–Crippen LogP) is 1.45. The third-order valence-electron chi connectivity index (χ3n) is 4.53. The topological polar surface area (TPSA) is 70.7 Å². The van der Waals surface area contributed by atoms with E-state index in [0.29, 0.717) is 19.0 Å². The molecule has 0 bridgehead atoms.